The van der Waals surface area contributed by atoms with E-state index in [4.69, 9.17) is 10.9 Å². The first-order chi connectivity index (χ1) is 5.61. The maximum Gasteiger partial charge on any atom is 0.261 e. The Labute approximate surface area is 69.0 Å². The van der Waals surface area contributed by atoms with Crippen molar-refractivity contribution in [3.8, 4) is 0 Å². The van der Waals surface area contributed by atoms with Crippen molar-refractivity contribution in [3.63, 3.8) is 0 Å². The summed E-state index contributed by atoms with van der Waals surface area (Å²) in [6.45, 7) is 0.989. The topological polar surface area (TPSA) is 67.8 Å². The predicted octanol–water partition coefficient (Wildman–Crippen LogP) is 0.793. The molecule has 72 valence electrons. The molecular weight excluding hydrogens is 170 g/mol. The summed E-state index contributed by atoms with van der Waals surface area (Å²) in [6, 6.07) is 0. The maximum atomic E-state index is 11.6. The fourth-order valence-corrected chi connectivity index (χ4v) is 0.666. The van der Waals surface area contributed by atoms with E-state index in [-0.39, 0.29) is 5.84 Å². The standard InChI is InChI=1S/C6H12F2N2O2/c1-2-4(6(9)10-11)12-3-5(7)8/h4-5,11H,2-3H2,1H3,(H2,9,10). The van der Waals surface area contributed by atoms with Crippen molar-refractivity contribution < 1.29 is 18.7 Å². The fraction of sp³-hybridized carbons (Fsp3) is 0.833. The number of oxime groups is 1. The van der Waals surface area contributed by atoms with Gasteiger partial charge in [0.05, 0.1) is 0 Å². The van der Waals surface area contributed by atoms with E-state index in [0.717, 1.165) is 0 Å². The Bertz CT molecular complexity index is 152. The summed E-state index contributed by atoms with van der Waals surface area (Å²) in [6.07, 6.45) is -2.88. The third kappa shape index (κ3) is 4.07. The van der Waals surface area contributed by atoms with Gasteiger partial charge in [0.2, 0.25) is 0 Å². The molecule has 0 saturated carbocycles. The van der Waals surface area contributed by atoms with Crippen LogP contribution in [0.25, 0.3) is 0 Å². The number of amidine groups is 1. The Kier molecular flexibility index (Phi) is 5.27. The van der Waals surface area contributed by atoms with Gasteiger partial charge in [0.1, 0.15) is 12.7 Å². The van der Waals surface area contributed by atoms with Crippen molar-refractivity contribution in [2.24, 2.45) is 10.9 Å². The van der Waals surface area contributed by atoms with E-state index in [1.54, 1.807) is 6.92 Å². The molecule has 12 heavy (non-hydrogen) atoms. The van der Waals surface area contributed by atoms with Crippen LogP contribution in [0, 0.1) is 0 Å². The predicted molar refractivity (Wildman–Crippen MR) is 39.4 cm³/mol. The van der Waals surface area contributed by atoms with Crippen molar-refractivity contribution >= 4 is 5.84 Å². The van der Waals surface area contributed by atoms with Gasteiger partial charge in [0.15, 0.2) is 5.84 Å². The number of ether oxygens (including phenoxy) is 1. The number of rotatable bonds is 5. The largest absolute Gasteiger partial charge is 0.409 e. The highest BCUT2D eigenvalue weighted by atomic mass is 19.3. The molecule has 0 spiro atoms. The summed E-state index contributed by atoms with van der Waals surface area (Å²) in [5, 5.41) is 10.9. The summed E-state index contributed by atoms with van der Waals surface area (Å²) in [5.41, 5.74) is 5.14. The second-order valence-electron chi connectivity index (χ2n) is 2.15. The van der Waals surface area contributed by atoms with E-state index < -0.39 is 19.1 Å². The number of alkyl halides is 2. The van der Waals surface area contributed by atoms with Gasteiger partial charge in [-0.25, -0.2) is 8.78 Å². The lowest BCUT2D eigenvalue weighted by atomic mass is 10.2. The molecule has 0 fully saturated rings. The van der Waals surface area contributed by atoms with Crippen LogP contribution in [0.1, 0.15) is 13.3 Å². The molecule has 3 N–H and O–H groups in total. The van der Waals surface area contributed by atoms with Crippen LogP contribution in [0.4, 0.5) is 8.78 Å². The lowest BCUT2D eigenvalue weighted by Crippen LogP contribution is -2.32. The van der Waals surface area contributed by atoms with Gasteiger partial charge in [0, 0.05) is 0 Å². The van der Waals surface area contributed by atoms with Crippen molar-refractivity contribution in [1.82, 2.24) is 0 Å². The van der Waals surface area contributed by atoms with E-state index in [9.17, 15) is 8.78 Å². The molecule has 0 aliphatic rings. The van der Waals surface area contributed by atoms with Crippen LogP contribution in [0.2, 0.25) is 0 Å². The Morgan fingerprint density at radius 1 is 1.67 bits per heavy atom. The number of nitrogens with zero attached hydrogens (tertiary/aromatic N) is 1. The average Bonchev–Trinajstić information content (AvgIpc) is 2.04. The van der Waals surface area contributed by atoms with Crippen molar-refractivity contribution in [1.29, 1.82) is 0 Å². The summed E-state index contributed by atoms with van der Waals surface area (Å²) in [5.74, 6) is -0.182. The summed E-state index contributed by atoms with van der Waals surface area (Å²) < 4.78 is 27.9. The average molecular weight is 182 g/mol. The van der Waals surface area contributed by atoms with Crippen LogP contribution < -0.4 is 5.73 Å². The molecule has 1 atom stereocenters. The van der Waals surface area contributed by atoms with E-state index in [1.807, 2.05) is 0 Å². The molecule has 0 rings (SSSR count). The zero-order chi connectivity index (χ0) is 9.56. The van der Waals surface area contributed by atoms with Gasteiger partial charge in [-0.1, -0.05) is 12.1 Å². The minimum atomic E-state index is -2.54. The molecular formula is C6H12F2N2O2. The highest BCUT2D eigenvalue weighted by Gasteiger charge is 2.14. The molecule has 0 aliphatic heterocycles. The SMILES string of the molecule is CCC(OCC(F)F)C(N)=NO. The fourth-order valence-electron chi connectivity index (χ4n) is 0.666. The Balaban J connectivity index is 3.84. The minimum Gasteiger partial charge on any atom is -0.409 e. The zero-order valence-electron chi connectivity index (χ0n) is 6.70. The van der Waals surface area contributed by atoms with Gasteiger partial charge in [-0.3, -0.25) is 0 Å². The second-order valence-corrected chi connectivity index (χ2v) is 2.15. The number of halogens is 2. The third-order valence-electron chi connectivity index (χ3n) is 1.24. The second kappa shape index (κ2) is 5.70. The van der Waals surface area contributed by atoms with Gasteiger partial charge >= 0.3 is 0 Å². The molecule has 0 bridgehead atoms. The molecule has 0 aliphatic carbocycles. The van der Waals surface area contributed by atoms with Crippen LogP contribution in [0.5, 0.6) is 0 Å². The van der Waals surface area contributed by atoms with E-state index >= 15 is 0 Å². The normalized spacial score (nSPS) is 15.2. The van der Waals surface area contributed by atoms with Gasteiger partial charge in [-0.05, 0) is 6.42 Å². The van der Waals surface area contributed by atoms with Gasteiger partial charge in [-0.15, -0.1) is 0 Å². The summed E-state index contributed by atoms with van der Waals surface area (Å²) >= 11 is 0. The summed E-state index contributed by atoms with van der Waals surface area (Å²) in [7, 11) is 0. The third-order valence-corrected chi connectivity index (χ3v) is 1.24. The Hall–Kier alpha value is -0.910. The first kappa shape index (κ1) is 11.1. The number of hydrogen-bond donors (Lipinski definition) is 2. The molecule has 6 heteroatoms. The molecule has 0 heterocycles. The molecule has 0 amide bonds. The number of hydrogen-bond acceptors (Lipinski definition) is 3. The van der Waals surface area contributed by atoms with Crippen LogP contribution in [0.15, 0.2) is 5.16 Å². The highest BCUT2D eigenvalue weighted by Crippen LogP contribution is 2.01. The summed E-state index contributed by atoms with van der Waals surface area (Å²) in [4.78, 5) is 0. The monoisotopic (exact) mass is 182 g/mol. The Morgan fingerprint density at radius 3 is 2.58 bits per heavy atom. The molecule has 4 nitrogen and oxygen atoms in total. The lowest BCUT2D eigenvalue weighted by molar-refractivity contribution is -0.00246. The van der Waals surface area contributed by atoms with Crippen LogP contribution >= 0.6 is 0 Å². The first-order valence-electron chi connectivity index (χ1n) is 3.49. The number of nitrogens with two attached hydrogens (primary N) is 1. The molecule has 0 aromatic rings. The first-order valence-corrected chi connectivity index (χ1v) is 3.49. The van der Waals surface area contributed by atoms with Crippen LogP contribution in [-0.2, 0) is 4.74 Å². The quantitative estimate of drug-likeness (QED) is 0.286. The van der Waals surface area contributed by atoms with E-state index in [1.165, 1.54) is 0 Å². The van der Waals surface area contributed by atoms with E-state index in [2.05, 4.69) is 9.89 Å². The molecule has 0 aromatic heterocycles. The van der Waals surface area contributed by atoms with E-state index in [0.29, 0.717) is 6.42 Å². The van der Waals surface area contributed by atoms with Gasteiger partial charge in [0.25, 0.3) is 6.43 Å². The highest BCUT2D eigenvalue weighted by molar-refractivity contribution is 5.84. The molecule has 0 aromatic carbocycles. The molecule has 0 radical (unpaired) electrons. The zero-order valence-corrected chi connectivity index (χ0v) is 6.70. The lowest BCUT2D eigenvalue weighted by Gasteiger charge is -2.13. The smallest absolute Gasteiger partial charge is 0.261 e. The maximum absolute atomic E-state index is 11.6. The van der Waals surface area contributed by atoms with Crippen molar-refractivity contribution in [3.05, 3.63) is 0 Å². The van der Waals surface area contributed by atoms with Gasteiger partial charge < -0.3 is 15.7 Å². The molecule has 1 unspecified atom stereocenters. The molecule has 0 saturated heterocycles. The van der Waals surface area contributed by atoms with Gasteiger partial charge in [-0.2, -0.15) is 0 Å². The Morgan fingerprint density at radius 2 is 2.25 bits per heavy atom. The van der Waals surface area contributed by atoms with Crippen LogP contribution in [-0.4, -0.2) is 30.2 Å². The van der Waals surface area contributed by atoms with Crippen LogP contribution in [0.3, 0.4) is 0 Å². The van der Waals surface area contributed by atoms with Crippen molar-refractivity contribution in [2.75, 3.05) is 6.61 Å². The minimum absolute atomic E-state index is 0.182. The van der Waals surface area contributed by atoms with Crippen molar-refractivity contribution in [2.45, 2.75) is 25.9 Å².